The highest BCUT2D eigenvalue weighted by Gasteiger charge is 2.22. The summed E-state index contributed by atoms with van der Waals surface area (Å²) in [4.78, 5) is 0. The Balaban J connectivity index is 1.20. The van der Waals surface area contributed by atoms with Crippen molar-refractivity contribution in [2.75, 3.05) is 0 Å². The molecular formula is C54H42. The van der Waals surface area contributed by atoms with Crippen molar-refractivity contribution in [1.82, 2.24) is 0 Å². The molecule has 10 aromatic carbocycles. The van der Waals surface area contributed by atoms with E-state index in [1.165, 1.54) is 109 Å². The molecule has 0 saturated heterocycles. The molecule has 0 aliphatic carbocycles. The molecule has 0 atom stereocenters. The molecule has 0 N–H and O–H groups in total. The summed E-state index contributed by atoms with van der Waals surface area (Å²) in [6, 6.07) is 63.8. The van der Waals surface area contributed by atoms with Crippen molar-refractivity contribution >= 4 is 53.9 Å². The summed E-state index contributed by atoms with van der Waals surface area (Å²) in [5, 5.41) is 13.2. The van der Waals surface area contributed by atoms with Gasteiger partial charge in [0.15, 0.2) is 0 Å². The van der Waals surface area contributed by atoms with Crippen LogP contribution in [-0.2, 0) is 0 Å². The fraction of sp³-hybridized carbons (Fsp3) is 0.111. The van der Waals surface area contributed by atoms with Gasteiger partial charge in [-0.25, -0.2) is 0 Å². The van der Waals surface area contributed by atoms with Crippen molar-refractivity contribution in [3.05, 3.63) is 181 Å². The first kappa shape index (κ1) is 32.4. The summed E-state index contributed by atoms with van der Waals surface area (Å²) in [5.41, 5.74) is 12.9. The van der Waals surface area contributed by atoms with Gasteiger partial charge in [0.25, 0.3) is 0 Å². The lowest BCUT2D eigenvalue weighted by Gasteiger charge is -2.23. The molecule has 0 unspecified atom stereocenters. The van der Waals surface area contributed by atoms with Gasteiger partial charge in [-0.2, -0.15) is 0 Å². The highest BCUT2D eigenvalue weighted by Crippen LogP contribution is 2.47. The zero-order valence-electron chi connectivity index (χ0n) is 31.3. The molecule has 54 heavy (non-hydrogen) atoms. The maximum absolute atomic E-state index is 2.48. The molecular weight excluding hydrogens is 649 g/mol. The van der Waals surface area contributed by atoms with E-state index in [9.17, 15) is 0 Å². The van der Waals surface area contributed by atoms with Crippen molar-refractivity contribution in [3.63, 3.8) is 0 Å². The summed E-state index contributed by atoms with van der Waals surface area (Å²) < 4.78 is 0. The van der Waals surface area contributed by atoms with Gasteiger partial charge in [-0.05, 0) is 158 Å². The smallest absolute Gasteiger partial charge is 0.00174 e. The third-order valence-electron chi connectivity index (χ3n) is 11.7. The van der Waals surface area contributed by atoms with Crippen LogP contribution in [0, 0.1) is 0 Å². The van der Waals surface area contributed by atoms with Crippen molar-refractivity contribution in [2.24, 2.45) is 0 Å². The monoisotopic (exact) mass is 690 g/mol. The number of hydrogen-bond donors (Lipinski definition) is 0. The zero-order valence-corrected chi connectivity index (χ0v) is 31.3. The fourth-order valence-corrected chi connectivity index (χ4v) is 8.95. The second-order valence-electron chi connectivity index (χ2n) is 15.7. The van der Waals surface area contributed by atoms with Crippen LogP contribution in [0.4, 0.5) is 0 Å². The van der Waals surface area contributed by atoms with E-state index in [0.29, 0.717) is 11.8 Å². The topological polar surface area (TPSA) is 0 Å². The third kappa shape index (κ3) is 5.28. The van der Waals surface area contributed by atoms with Crippen molar-refractivity contribution in [1.29, 1.82) is 0 Å². The van der Waals surface area contributed by atoms with Crippen LogP contribution in [0.25, 0.3) is 98.4 Å². The molecule has 0 amide bonds. The van der Waals surface area contributed by atoms with Crippen LogP contribution in [0.5, 0.6) is 0 Å². The highest BCUT2D eigenvalue weighted by atomic mass is 14.2. The predicted molar refractivity (Wildman–Crippen MR) is 235 cm³/mol. The minimum atomic E-state index is 0.375. The van der Waals surface area contributed by atoms with Gasteiger partial charge in [0.2, 0.25) is 0 Å². The quantitative estimate of drug-likeness (QED) is 0.152. The Labute approximate surface area is 317 Å². The molecule has 0 saturated carbocycles. The van der Waals surface area contributed by atoms with Crippen molar-refractivity contribution < 1.29 is 0 Å². The molecule has 0 fully saturated rings. The van der Waals surface area contributed by atoms with Crippen LogP contribution in [0.3, 0.4) is 0 Å². The van der Waals surface area contributed by atoms with Gasteiger partial charge < -0.3 is 0 Å². The molecule has 0 aromatic heterocycles. The Morgan fingerprint density at radius 2 is 0.648 bits per heavy atom. The lowest BCUT2D eigenvalue weighted by atomic mass is 9.80. The predicted octanol–water partition coefficient (Wildman–Crippen LogP) is 15.8. The molecule has 0 radical (unpaired) electrons. The molecule has 0 heteroatoms. The van der Waals surface area contributed by atoms with Crippen molar-refractivity contribution in [2.45, 2.75) is 39.5 Å². The number of hydrogen-bond acceptors (Lipinski definition) is 0. The van der Waals surface area contributed by atoms with E-state index in [1.807, 2.05) is 0 Å². The van der Waals surface area contributed by atoms with Crippen LogP contribution < -0.4 is 0 Å². The van der Waals surface area contributed by atoms with Gasteiger partial charge in [0, 0.05) is 0 Å². The minimum absolute atomic E-state index is 0.375. The van der Waals surface area contributed by atoms with Gasteiger partial charge >= 0.3 is 0 Å². The van der Waals surface area contributed by atoms with Gasteiger partial charge in [-0.1, -0.05) is 161 Å². The Kier molecular flexibility index (Phi) is 7.63. The summed E-state index contributed by atoms with van der Waals surface area (Å²) in [5.74, 6) is 0.749. The van der Waals surface area contributed by atoms with E-state index in [-0.39, 0.29) is 0 Å². The maximum atomic E-state index is 2.48. The van der Waals surface area contributed by atoms with Crippen molar-refractivity contribution in [3.8, 4) is 44.5 Å². The molecule has 10 aromatic rings. The lowest BCUT2D eigenvalue weighted by Crippen LogP contribution is -1.98. The van der Waals surface area contributed by atoms with Gasteiger partial charge in [-0.3, -0.25) is 0 Å². The van der Waals surface area contributed by atoms with Crippen LogP contribution in [0.1, 0.15) is 50.7 Å². The van der Waals surface area contributed by atoms with E-state index >= 15 is 0 Å². The Morgan fingerprint density at radius 1 is 0.278 bits per heavy atom. The maximum Gasteiger partial charge on any atom is -0.00174 e. The molecule has 0 heterocycles. The van der Waals surface area contributed by atoms with Crippen LogP contribution in [0.15, 0.2) is 170 Å². The number of rotatable bonds is 6. The van der Waals surface area contributed by atoms with E-state index in [4.69, 9.17) is 0 Å². The standard InChI is InChI=1S/C54H42/c1-33(2)49-31-51(43-17-9-15-39(29-43)41-21-19-35-11-5-7-13-37(35)27-41)47-26-24-46-50(34(3)4)32-52(48-25-23-45(49)53(47)54(46)48)44-18-10-16-40(30-44)42-22-20-36-12-6-8-14-38(36)28-42/h5-34H,1-4H3. The van der Waals surface area contributed by atoms with Crippen LogP contribution in [0.2, 0.25) is 0 Å². The molecule has 258 valence electrons. The zero-order chi connectivity index (χ0) is 36.5. The Hall–Kier alpha value is -6.24. The van der Waals surface area contributed by atoms with Gasteiger partial charge in [0.05, 0.1) is 0 Å². The molecule has 0 aliphatic rings. The average molecular weight is 691 g/mol. The van der Waals surface area contributed by atoms with E-state index in [2.05, 4.69) is 198 Å². The average Bonchev–Trinajstić information content (AvgIpc) is 3.22. The summed E-state index contributed by atoms with van der Waals surface area (Å²) in [7, 11) is 0. The fourth-order valence-electron chi connectivity index (χ4n) is 8.95. The molecule has 10 rings (SSSR count). The van der Waals surface area contributed by atoms with E-state index in [1.54, 1.807) is 0 Å². The summed E-state index contributed by atoms with van der Waals surface area (Å²) >= 11 is 0. The second kappa shape index (κ2) is 12.7. The van der Waals surface area contributed by atoms with E-state index in [0.717, 1.165) is 0 Å². The van der Waals surface area contributed by atoms with E-state index < -0.39 is 0 Å². The number of benzene rings is 10. The van der Waals surface area contributed by atoms with Gasteiger partial charge in [-0.15, -0.1) is 0 Å². The minimum Gasteiger partial charge on any atom is -0.0616 e. The molecule has 0 nitrogen and oxygen atoms in total. The summed E-state index contributed by atoms with van der Waals surface area (Å²) in [6.07, 6.45) is 0. The van der Waals surface area contributed by atoms with Crippen LogP contribution >= 0.6 is 0 Å². The largest absolute Gasteiger partial charge is 0.0616 e. The first-order valence-corrected chi connectivity index (χ1v) is 19.4. The third-order valence-corrected chi connectivity index (χ3v) is 11.7. The lowest BCUT2D eigenvalue weighted by molar-refractivity contribution is 0.876. The summed E-state index contributed by atoms with van der Waals surface area (Å²) in [6.45, 7) is 9.35. The highest BCUT2D eigenvalue weighted by molar-refractivity contribution is 6.29. The molecule has 0 spiro atoms. The number of fused-ring (bicyclic) bond motifs is 2. The van der Waals surface area contributed by atoms with Gasteiger partial charge in [0.1, 0.15) is 0 Å². The second-order valence-corrected chi connectivity index (χ2v) is 15.7. The first-order valence-electron chi connectivity index (χ1n) is 19.4. The Bertz CT molecular complexity index is 2840. The Morgan fingerprint density at radius 3 is 1.07 bits per heavy atom. The normalized spacial score (nSPS) is 12.0. The van der Waals surface area contributed by atoms with Crippen LogP contribution in [-0.4, -0.2) is 0 Å². The molecule has 0 aliphatic heterocycles. The SMILES string of the molecule is CC(C)c1cc(-c2cccc(-c3ccc4ccccc4c3)c2)c2ccc3c(C(C)C)cc(-c4cccc(-c5ccc6ccccc6c5)c4)c4ccc1c2c43. The molecule has 0 bridgehead atoms. The first-order chi connectivity index (χ1) is 26.4.